The van der Waals surface area contributed by atoms with Crippen LogP contribution in [0.5, 0.6) is 0 Å². The Kier molecular flexibility index (Phi) is 6.31. The Labute approximate surface area is 112 Å². The van der Waals surface area contributed by atoms with Crippen molar-refractivity contribution in [1.82, 2.24) is 10.2 Å². The van der Waals surface area contributed by atoms with Crippen molar-refractivity contribution in [3.63, 3.8) is 0 Å². The molecule has 2 N–H and O–H groups in total. The predicted octanol–water partition coefficient (Wildman–Crippen LogP) is 0.833. The van der Waals surface area contributed by atoms with Crippen molar-refractivity contribution in [2.45, 2.75) is 45.8 Å². The second-order valence-electron chi connectivity index (χ2n) is 5.15. The van der Waals surface area contributed by atoms with Gasteiger partial charge in [0.1, 0.15) is 11.6 Å². The molecule has 0 aliphatic rings. The first-order chi connectivity index (χ1) is 8.56. The predicted molar refractivity (Wildman–Crippen MR) is 68.7 cm³/mol. The van der Waals surface area contributed by atoms with Crippen LogP contribution in [0.4, 0.5) is 4.79 Å². The van der Waals surface area contributed by atoms with Gasteiger partial charge in [-0.05, 0) is 27.7 Å². The van der Waals surface area contributed by atoms with Crippen molar-refractivity contribution in [2.75, 3.05) is 13.6 Å². The van der Waals surface area contributed by atoms with E-state index in [4.69, 9.17) is 9.84 Å². The summed E-state index contributed by atoms with van der Waals surface area (Å²) in [5.74, 6) is -1.94. The third-order valence-electron chi connectivity index (χ3n) is 2.21. The molecule has 0 spiro atoms. The summed E-state index contributed by atoms with van der Waals surface area (Å²) in [5, 5.41) is 11.3. The third kappa shape index (κ3) is 7.28. The van der Waals surface area contributed by atoms with E-state index >= 15 is 0 Å². The topological polar surface area (TPSA) is 95.9 Å². The highest BCUT2D eigenvalue weighted by Crippen LogP contribution is 2.09. The van der Waals surface area contributed by atoms with E-state index in [2.05, 4.69) is 5.32 Å². The number of amides is 2. The molecule has 0 radical (unpaired) electrons. The molecule has 0 aromatic carbocycles. The Bertz CT molecular complexity index is 349. The van der Waals surface area contributed by atoms with E-state index in [-0.39, 0.29) is 0 Å². The molecule has 0 aliphatic carbocycles. The summed E-state index contributed by atoms with van der Waals surface area (Å²) in [4.78, 5) is 35.4. The number of urea groups is 1. The zero-order valence-corrected chi connectivity index (χ0v) is 12.0. The van der Waals surface area contributed by atoms with Crippen LogP contribution in [-0.4, -0.2) is 53.2 Å². The number of nitrogens with one attached hydrogen (secondary N) is 1. The summed E-state index contributed by atoms with van der Waals surface area (Å²) in [5.41, 5.74) is -0.690. The maximum Gasteiger partial charge on any atom is 0.326 e. The molecule has 0 fully saturated rings. The van der Waals surface area contributed by atoms with Gasteiger partial charge >= 0.3 is 18.0 Å². The summed E-state index contributed by atoms with van der Waals surface area (Å²) >= 11 is 0. The number of aliphatic carboxylic acids is 1. The Balaban J connectivity index is 4.55. The minimum absolute atomic E-state index is 0.407. The number of hydrogen-bond donors (Lipinski definition) is 2. The number of rotatable bonds is 5. The Morgan fingerprint density at radius 2 is 1.84 bits per heavy atom. The van der Waals surface area contributed by atoms with Gasteiger partial charge in [-0.25, -0.2) is 9.59 Å². The van der Waals surface area contributed by atoms with Gasteiger partial charge in [0.15, 0.2) is 0 Å². The highest BCUT2D eigenvalue weighted by molar-refractivity contribution is 5.86. The van der Waals surface area contributed by atoms with Crippen LogP contribution < -0.4 is 5.32 Å². The molecule has 0 saturated heterocycles. The number of carbonyl (C=O) groups excluding carboxylic acids is 2. The highest BCUT2D eigenvalue weighted by Gasteiger charge is 2.27. The normalized spacial score (nSPS) is 12.5. The molecule has 7 nitrogen and oxygen atoms in total. The van der Waals surface area contributed by atoms with Crippen LogP contribution >= 0.6 is 0 Å². The molecular formula is C12H22N2O5. The Morgan fingerprint density at radius 1 is 1.32 bits per heavy atom. The molecule has 0 heterocycles. The minimum atomic E-state index is -1.30. The van der Waals surface area contributed by atoms with Gasteiger partial charge in [-0.15, -0.1) is 0 Å². The number of carbonyl (C=O) groups is 3. The monoisotopic (exact) mass is 274 g/mol. The Hall–Kier alpha value is -1.79. The lowest BCUT2D eigenvalue weighted by atomic mass is 10.1. The number of nitrogens with zero attached hydrogens (tertiary/aromatic N) is 1. The maximum absolute atomic E-state index is 11.6. The molecule has 1 atom stereocenters. The zero-order chi connectivity index (χ0) is 15.2. The first-order valence-electron chi connectivity index (χ1n) is 6.03. The third-order valence-corrected chi connectivity index (χ3v) is 2.21. The van der Waals surface area contributed by atoms with E-state index in [0.717, 1.165) is 0 Å². The van der Waals surface area contributed by atoms with Gasteiger partial charge in [0.05, 0.1) is 6.42 Å². The van der Waals surface area contributed by atoms with Gasteiger partial charge in [0, 0.05) is 13.6 Å². The van der Waals surface area contributed by atoms with Crippen molar-refractivity contribution in [1.29, 1.82) is 0 Å². The molecule has 19 heavy (non-hydrogen) atoms. The number of ether oxygens (including phenoxy) is 1. The molecule has 0 aromatic rings. The SMILES string of the molecule is CCN(C)C(=O)N[C@@H](CC(=O)OC(C)(C)C)C(=O)O. The molecule has 2 amide bonds. The van der Waals surface area contributed by atoms with Gasteiger partial charge in [-0.2, -0.15) is 0 Å². The van der Waals surface area contributed by atoms with Crippen molar-refractivity contribution in [3.8, 4) is 0 Å². The van der Waals surface area contributed by atoms with E-state index in [1.807, 2.05) is 0 Å². The van der Waals surface area contributed by atoms with Gasteiger partial charge in [-0.3, -0.25) is 4.79 Å². The van der Waals surface area contributed by atoms with Crippen LogP contribution in [-0.2, 0) is 14.3 Å². The fourth-order valence-corrected chi connectivity index (χ4v) is 1.15. The average molecular weight is 274 g/mol. The number of hydrogen-bond acceptors (Lipinski definition) is 4. The first kappa shape index (κ1) is 17.2. The summed E-state index contributed by atoms with van der Waals surface area (Å²) in [6.45, 7) is 7.24. The van der Waals surface area contributed by atoms with E-state index in [9.17, 15) is 14.4 Å². The molecule has 0 saturated carbocycles. The molecule has 7 heteroatoms. The van der Waals surface area contributed by atoms with Crippen LogP contribution in [0.15, 0.2) is 0 Å². The van der Waals surface area contributed by atoms with E-state index in [0.29, 0.717) is 6.54 Å². The molecule has 0 rings (SSSR count). The Morgan fingerprint density at radius 3 is 2.21 bits per heavy atom. The molecule has 0 aliphatic heterocycles. The minimum Gasteiger partial charge on any atom is -0.480 e. The van der Waals surface area contributed by atoms with Crippen molar-refractivity contribution in [2.24, 2.45) is 0 Å². The van der Waals surface area contributed by atoms with Crippen LogP contribution in [0.3, 0.4) is 0 Å². The summed E-state index contributed by atoms with van der Waals surface area (Å²) < 4.78 is 5.02. The van der Waals surface area contributed by atoms with Gasteiger partial charge in [0.2, 0.25) is 0 Å². The van der Waals surface area contributed by atoms with Crippen molar-refractivity contribution < 1.29 is 24.2 Å². The number of carboxylic acids is 1. The van der Waals surface area contributed by atoms with Crippen LogP contribution in [0.25, 0.3) is 0 Å². The quantitative estimate of drug-likeness (QED) is 0.724. The largest absolute Gasteiger partial charge is 0.480 e. The molecule has 0 aromatic heterocycles. The van der Waals surface area contributed by atoms with Crippen molar-refractivity contribution in [3.05, 3.63) is 0 Å². The van der Waals surface area contributed by atoms with E-state index in [1.54, 1.807) is 27.7 Å². The van der Waals surface area contributed by atoms with Crippen molar-refractivity contribution >= 4 is 18.0 Å². The fraction of sp³-hybridized carbons (Fsp3) is 0.750. The second-order valence-corrected chi connectivity index (χ2v) is 5.15. The summed E-state index contributed by atoms with van der Waals surface area (Å²) in [6, 6.07) is -1.84. The summed E-state index contributed by atoms with van der Waals surface area (Å²) in [7, 11) is 1.53. The number of carboxylic acid groups (broad SMARTS) is 1. The van der Waals surface area contributed by atoms with Gasteiger partial charge in [0.25, 0.3) is 0 Å². The van der Waals surface area contributed by atoms with Crippen LogP contribution in [0, 0.1) is 0 Å². The fourth-order valence-electron chi connectivity index (χ4n) is 1.15. The van der Waals surface area contributed by atoms with Gasteiger partial charge in [-0.1, -0.05) is 0 Å². The zero-order valence-electron chi connectivity index (χ0n) is 12.0. The van der Waals surface area contributed by atoms with E-state index < -0.39 is 36.0 Å². The maximum atomic E-state index is 11.6. The molecule has 0 bridgehead atoms. The van der Waals surface area contributed by atoms with Crippen LogP contribution in [0.1, 0.15) is 34.1 Å². The smallest absolute Gasteiger partial charge is 0.326 e. The average Bonchev–Trinajstić information content (AvgIpc) is 2.24. The standard InChI is InChI=1S/C12H22N2O5/c1-6-14(5)11(18)13-8(10(16)17)7-9(15)19-12(2,3)4/h8H,6-7H2,1-5H3,(H,13,18)(H,16,17)/t8-/m0/s1. The lowest BCUT2D eigenvalue weighted by molar-refractivity contribution is -0.158. The van der Waals surface area contributed by atoms with Crippen LogP contribution in [0.2, 0.25) is 0 Å². The van der Waals surface area contributed by atoms with E-state index in [1.165, 1.54) is 11.9 Å². The summed E-state index contributed by atoms with van der Waals surface area (Å²) in [6.07, 6.45) is -0.407. The second kappa shape index (κ2) is 6.96. The number of esters is 1. The lowest BCUT2D eigenvalue weighted by Gasteiger charge is -2.22. The molecule has 0 unspecified atom stereocenters. The molecule has 110 valence electrons. The molecular weight excluding hydrogens is 252 g/mol. The highest BCUT2D eigenvalue weighted by atomic mass is 16.6. The lowest BCUT2D eigenvalue weighted by Crippen LogP contribution is -2.48. The first-order valence-corrected chi connectivity index (χ1v) is 6.03. The van der Waals surface area contributed by atoms with Gasteiger partial charge < -0.3 is 20.1 Å².